The summed E-state index contributed by atoms with van der Waals surface area (Å²) in [6.45, 7) is 1.93. The molecule has 0 fully saturated rings. The summed E-state index contributed by atoms with van der Waals surface area (Å²) in [4.78, 5) is 4.13. The van der Waals surface area contributed by atoms with Gasteiger partial charge in [0.15, 0.2) is 0 Å². The molecule has 0 aliphatic carbocycles. The van der Waals surface area contributed by atoms with E-state index < -0.39 is 0 Å². The minimum Gasteiger partial charge on any atom is -0.397 e. The van der Waals surface area contributed by atoms with Crippen molar-refractivity contribution in [3.63, 3.8) is 0 Å². The molecule has 0 saturated carbocycles. The zero-order valence-corrected chi connectivity index (χ0v) is 8.49. The predicted octanol–water partition coefficient (Wildman–Crippen LogP) is 2.42. The summed E-state index contributed by atoms with van der Waals surface area (Å²) in [6, 6.07) is 5.41. The molecule has 0 amide bonds. The van der Waals surface area contributed by atoms with Crippen LogP contribution >= 0.6 is 11.6 Å². The van der Waals surface area contributed by atoms with Gasteiger partial charge in [-0.05, 0) is 25.1 Å². The number of benzene rings is 1. The van der Waals surface area contributed by atoms with Crippen molar-refractivity contribution in [2.24, 2.45) is 0 Å². The molecule has 0 atom stereocenters. The van der Waals surface area contributed by atoms with Gasteiger partial charge in [-0.15, -0.1) is 0 Å². The summed E-state index contributed by atoms with van der Waals surface area (Å²) in [5.74, 6) is 0. The van der Waals surface area contributed by atoms with Crippen LogP contribution in [-0.2, 0) is 0 Å². The van der Waals surface area contributed by atoms with Gasteiger partial charge in [0.2, 0.25) is 0 Å². The number of hydrogen-bond acceptors (Lipinski definition) is 2. The van der Waals surface area contributed by atoms with Crippen molar-refractivity contribution in [3.8, 4) is 5.69 Å². The highest BCUT2D eigenvalue weighted by atomic mass is 35.5. The van der Waals surface area contributed by atoms with Gasteiger partial charge in [-0.3, -0.25) is 0 Å². The molecule has 3 nitrogen and oxygen atoms in total. The van der Waals surface area contributed by atoms with Crippen LogP contribution in [0.5, 0.6) is 0 Å². The van der Waals surface area contributed by atoms with Gasteiger partial charge in [-0.1, -0.05) is 11.6 Å². The zero-order valence-electron chi connectivity index (χ0n) is 7.74. The Kier molecular flexibility index (Phi) is 2.17. The molecular weight excluding hydrogens is 198 g/mol. The van der Waals surface area contributed by atoms with Crippen LogP contribution in [0.25, 0.3) is 5.69 Å². The van der Waals surface area contributed by atoms with Crippen LogP contribution in [0.4, 0.5) is 5.69 Å². The first-order chi connectivity index (χ1) is 6.66. The van der Waals surface area contributed by atoms with Gasteiger partial charge < -0.3 is 10.3 Å². The molecule has 2 aromatic rings. The van der Waals surface area contributed by atoms with Crippen molar-refractivity contribution < 1.29 is 0 Å². The van der Waals surface area contributed by atoms with Crippen LogP contribution in [-0.4, -0.2) is 9.55 Å². The van der Waals surface area contributed by atoms with Crippen molar-refractivity contribution >= 4 is 17.3 Å². The van der Waals surface area contributed by atoms with Gasteiger partial charge in [0.1, 0.15) is 0 Å². The Bertz CT molecular complexity index is 462. The monoisotopic (exact) mass is 207 g/mol. The summed E-state index contributed by atoms with van der Waals surface area (Å²) in [6.07, 6.45) is 3.65. The number of halogens is 1. The lowest BCUT2D eigenvalue weighted by Crippen LogP contribution is -1.96. The average Bonchev–Trinajstić information content (AvgIpc) is 2.51. The molecule has 2 rings (SSSR count). The molecule has 0 aliphatic heterocycles. The highest BCUT2D eigenvalue weighted by molar-refractivity contribution is 6.30. The van der Waals surface area contributed by atoms with Crippen LogP contribution in [0.3, 0.4) is 0 Å². The fourth-order valence-corrected chi connectivity index (χ4v) is 1.49. The fourth-order valence-electron chi connectivity index (χ4n) is 1.31. The first-order valence-electron chi connectivity index (χ1n) is 4.23. The number of aromatic nitrogens is 2. The van der Waals surface area contributed by atoms with Crippen molar-refractivity contribution in [2.75, 3.05) is 5.73 Å². The molecule has 1 heterocycles. The third-order valence-corrected chi connectivity index (χ3v) is 2.21. The number of nitrogen functional groups attached to an aromatic ring is 1. The van der Waals surface area contributed by atoms with E-state index in [-0.39, 0.29) is 0 Å². The lowest BCUT2D eigenvalue weighted by molar-refractivity contribution is 1.06. The predicted molar refractivity (Wildman–Crippen MR) is 57.7 cm³/mol. The number of nitrogens with zero attached hydrogens (tertiary/aromatic N) is 2. The van der Waals surface area contributed by atoms with E-state index in [2.05, 4.69) is 4.98 Å². The van der Waals surface area contributed by atoms with Crippen LogP contribution in [0.15, 0.2) is 30.7 Å². The number of imidazole rings is 1. The summed E-state index contributed by atoms with van der Waals surface area (Å²) in [5.41, 5.74) is 8.33. The van der Waals surface area contributed by atoms with Gasteiger partial charge in [0, 0.05) is 11.2 Å². The molecule has 0 saturated heterocycles. The summed E-state index contributed by atoms with van der Waals surface area (Å²) < 4.78 is 1.88. The SMILES string of the molecule is Cc1cn(-c2ccc(Cl)cc2N)cn1. The largest absolute Gasteiger partial charge is 0.397 e. The second kappa shape index (κ2) is 3.35. The Morgan fingerprint density at radius 2 is 2.21 bits per heavy atom. The summed E-state index contributed by atoms with van der Waals surface area (Å²) in [5, 5.41) is 0.642. The average molecular weight is 208 g/mol. The fraction of sp³-hybridized carbons (Fsp3) is 0.100. The standard InChI is InChI=1S/C10H10ClN3/c1-7-5-14(6-13-7)10-3-2-8(11)4-9(10)12/h2-6H,12H2,1H3. The molecular formula is C10H10ClN3. The Morgan fingerprint density at radius 1 is 1.43 bits per heavy atom. The smallest absolute Gasteiger partial charge is 0.0995 e. The van der Waals surface area contributed by atoms with Gasteiger partial charge >= 0.3 is 0 Å². The number of rotatable bonds is 1. The zero-order chi connectivity index (χ0) is 10.1. The van der Waals surface area contributed by atoms with Gasteiger partial charge in [0.05, 0.1) is 23.4 Å². The van der Waals surface area contributed by atoms with Gasteiger partial charge in [0.25, 0.3) is 0 Å². The molecule has 2 N–H and O–H groups in total. The van der Waals surface area contributed by atoms with Gasteiger partial charge in [-0.25, -0.2) is 4.98 Å². The molecule has 14 heavy (non-hydrogen) atoms. The number of nitrogens with two attached hydrogens (primary N) is 1. The number of aryl methyl sites for hydroxylation is 1. The van der Waals surface area contributed by atoms with E-state index >= 15 is 0 Å². The van der Waals surface area contributed by atoms with E-state index in [1.165, 1.54) is 0 Å². The Labute approximate surface area is 87.1 Å². The van der Waals surface area contributed by atoms with Crippen LogP contribution in [0, 0.1) is 6.92 Å². The van der Waals surface area contributed by atoms with E-state index in [0.29, 0.717) is 10.7 Å². The van der Waals surface area contributed by atoms with Crippen molar-refractivity contribution in [3.05, 3.63) is 41.4 Å². The van der Waals surface area contributed by atoms with Crippen molar-refractivity contribution in [2.45, 2.75) is 6.92 Å². The molecule has 0 bridgehead atoms. The normalized spacial score (nSPS) is 10.4. The Morgan fingerprint density at radius 3 is 2.79 bits per heavy atom. The second-order valence-electron chi connectivity index (χ2n) is 3.13. The first-order valence-corrected chi connectivity index (χ1v) is 4.60. The molecule has 1 aromatic carbocycles. The van der Waals surface area contributed by atoms with Crippen molar-refractivity contribution in [1.29, 1.82) is 0 Å². The second-order valence-corrected chi connectivity index (χ2v) is 3.56. The quantitative estimate of drug-likeness (QED) is 0.730. The summed E-state index contributed by atoms with van der Waals surface area (Å²) >= 11 is 5.80. The van der Waals surface area contributed by atoms with E-state index in [1.54, 1.807) is 12.4 Å². The first kappa shape index (κ1) is 9.09. The minimum absolute atomic E-state index is 0.642. The Hall–Kier alpha value is -1.48. The van der Waals surface area contributed by atoms with Crippen molar-refractivity contribution in [1.82, 2.24) is 9.55 Å². The van der Waals surface area contributed by atoms with Crippen LogP contribution in [0.2, 0.25) is 5.02 Å². The summed E-state index contributed by atoms with van der Waals surface area (Å²) in [7, 11) is 0. The Balaban J connectivity index is 2.52. The third-order valence-electron chi connectivity index (χ3n) is 1.98. The highest BCUT2D eigenvalue weighted by Gasteiger charge is 2.02. The lowest BCUT2D eigenvalue weighted by atomic mass is 10.2. The maximum Gasteiger partial charge on any atom is 0.0995 e. The number of hydrogen-bond donors (Lipinski definition) is 1. The van der Waals surface area contributed by atoms with Crippen LogP contribution < -0.4 is 5.73 Å². The molecule has 0 spiro atoms. The number of anilines is 1. The topological polar surface area (TPSA) is 43.8 Å². The molecule has 72 valence electrons. The van der Waals surface area contributed by atoms with E-state index in [0.717, 1.165) is 11.4 Å². The van der Waals surface area contributed by atoms with E-state index in [9.17, 15) is 0 Å². The lowest BCUT2D eigenvalue weighted by Gasteiger charge is -2.05. The van der Waals surface area contributed by atoms with Crippen LogP contribution in [0.1, 0.15) is 5.69 Å². The third kappa shape index (κ3) is 1.59. The molecule has 1 aromatic heterocycles. The minimum atomic E-state index is 0.642. The van der Waals surface area contributed by atoms with Gasteiger partial charge in [-0.2, -0.15) is 0 Å². The molecule has 0 aliphatic rings. The van der Waals surface area contributed by atoms with E-state index in [1.807, 2.05) is 29.8 Å². The molecule has 0 radical (unpaired) electrons. The van der Waals surface area contributed by atoms with E-state index in [4.69, 9.17) is 17.3 Å². The maximum atomic E-state index is 5.83. The molecule has 0 unspecified atom stereocenters. The highest BCUT2D eigenvalue weighted by Crippen LogP contribution is 2.21. The molecule has 4 heteroatoms. The maximum absolute atomic E-state index is 5.83.